The van der Waals surface area contributed by atoms with Crippen LogP contribution in [0.5, 0.6) is 0 Å². The fourth-order valence-corrected chi connectivity index (χ4v) is 5.39. The van der Waals surface area contributed by atoms with E-state index in [1.165, 1.54) is 34.8 Å². The number of benzene rings is 3. The van der Waals surface area contributed by atoms with E-state index in [0.29, 0.717) is 23.4 Å². The molecule has 1 aliphatic rings. The van der Waals surface area contributed by atoms with E-state index in [9.17, 15) is 17.6 Å². The molecule has 160 valence electrons. The molecule has 0 radical (unpaired) electrons. The summed E-state index contributed by atoms with van der Waals surface area (Å²) in [6.45, 7) is 1.90. The second-order valence-corrected chi connectivity index (χ2v) is 9.60. The van der Waals surface area contributed by atoms with Crippen LogP contribution in [0.3, 0.4) is 0 Å². The van der Waals surface area contributed by atoms with Gasteiger partial charge in [-0.15, -0.1) is 0 Å². The molecule has 0 saturated carbocycles. The van der Waals surface area contributed by atoms with Crippen molar-refractivity contribution in [3.05, 3.63) is 95.8 Å². The van der Waals surface area contributed by atoms with Crippen LogP contribution in [-0.2, 0) is 10.0 Å². The van der Waals surface area contributed by atoms with E-state index in [1.54, 1.807) is 29.2 Å². The highest BCUT2D eigenvalue weighted by Crippen LogP contribution is 2.43. The smallest absolute Gasteiger partial charge is 0.258 e. The Morgan fingerprint density at radius 2 is 1.58 bits per heavy atom. The minimum absolute atomic E-state index is 0.246. The van der Waals surface area contributed by atoms with Gasteiger partial charge >= 0.3 is 0 Å². The summed E-state index contributed by atoms with van der Waals surface area (Å²) in [7, 11) is -3.59. The summed E-state index contributed by atoms with van der Waals surface area (Å²) in [6.07, 6.45) is 1.62. The lowest BCUT2D eigenvalue weighted by Crippen LogP contribution is -2.47. The molecule has 0 spiro atoms. The molecule has 0 saturated heterocycles. The lowest BCUT2D eigenvalue weighted by molar-refractivity contribution is 0.0974. The topological polar surface area (TPSA) is 57.7 Å². The van der Waals surface area contributed by atoms with Crippen molar-refractivity contribution in [2.45, 2.75) is 25.4 Å². The lowest BCUT2D eigenvalue weighted by Gasteiger charge is -2.43. The molecule has 0 aromatic heterocycles. The fourth-order valence-electron chi connectivity index (χ4n) is 4.22. The Morgan fingerprint density at radius 3 is 2.23 bits per heavy atom. The van der Waals surface area contributed by atoms with Crippen molar-refractivity contribution < 1.29 is 17.6 Å². The van der Waals surface area contributed by atoms with Crippen LogP contribution >= 0.6 is 0 Å². The predicted molar refractivity (Wildman–Crippen MR) is 120 cm³/mol. The van der Waals surface area contributed by atoms with E-state index in [2.05, 4.69) is 0 Å². The molecule has 1 heterocycles. The largest absolute Gasteiger partial charge is 0.305 e. The van der Waals surface area contributed by atoms with Crippen molar-refractivity contribution in [2.24, 2.45) is 0 Å². The number of carbonyl (C=O) groups excluding carboxylic acids is 1. The Hall–Kier alpha value is -3.19. The van der Waals surface area contributed by atoms with Gasteiger partial charge in [-0.1, -0.05) is 36.4 Å². The monoisotopic (exact) mass is 438 g/mol. The summed E-state index contributed by atoms with van der Waals surface area (Å²) < 4.78 is 40.4. The number of hydrogen-bond donors (Lipinski definition) is 0. The number of sulfonamides is 1. The summed E-state index contributed by atoms with van der Waals surface area (Å²) in [4.78, 5) is 15.0. The second kappa shape index (κ2) is 8.15. The zero-order valence-electron chi connectivity index (χ0n) is 17.3. The third-order valence-electron chi connectivity index (χ3n) is 5.52. The first-order valence-corrected chi connectivity index (χ1v) is 11.8. The molecule has 4 rings (SSSR count). The molecule has 1 aliphatic heterocycles. The zero-order valence-corrected chi connectivity index (χ0v) is 18.1. The first-order chi connectivity index (χ1) is 14.8. The van der Waals surface area contributed by atoms with Crippen LogP contribution < -0.4 is 9.21 Å². The van der Waals surface area contributed by atoms with E-state index >= 15 is 0 Å². The number of nitrogens with zero attached hydrogens (tertiary/aromatic N) is 2. The Balaban J connectivity index is 1.81. The second-order valence-electron chi connectivity index (χ2n) is 7.74. The Bertz CT molecular complexity index is 1200. The first kappa shape index (κ1) is 21.1. The van der Waals surface area contributed by atoms with Gasteiger partial charge in [-0.2, -0.15) is 0 Å². The Labute approximate surface area is 181 Å². The number of hydrogen-bond acceptors (Lipinski definition) is 3. The van der Waals surface area contributed by atoms with Gasteiger partial charge in [0.05, 0.1) is 18.0 Å². The molecule has 5 nitrogen and oxygen atoms in total. The highest BCUT2D eigenvalue weighted by Gasteiger charge is 2.39. The third-order valence-corrected chi connectivity index (χ3v) is 6.70. The number of fused-ring (bicyclic) bond motifs is 1. The van der Waals surface area contributed by atoms with Gasteiger partial charge in [0.2, 0.25) is 10.0 Å². The molecule has 0 unspecified atom stereocenters. The van der Waals surface area contributed by atoms with Crippen LogP contribution in [0.4, 0.5) is 15.8 Å². The van der Waals surface area contributed by atoms with E-state index in [-0.39, 0.29) is 11.9 Å². The SMILES string of the molecule is C[C@@H]1C[C@H](N(c2ccccc2)S(C)(=O)=O)c2ccccc2N1C(=O)c1ccc(F)cc1. The van der Waals surface area contributed by atoms with Gasteiger partial charge in [-0.3, -0.25) is 9.10 Å². The van der Waals surface area contributed by atoms with Gasteiger partial charge in [-0.05, 0) is 61.4 Å². The number of para-hydroxylation sites is 2. The zero-order chi connectivity index (χ0) is 22.2. The number of rotatable bonds is 4. The molecule has 7 heteroatoms. The van der Waals surface area contributed by atoms with Crippen molar-refractivity contribution in [3.8, 4) is 0 Å². The molecule has 0 aliphatic carbocycles. The molecular formula is C24H23FN2O3S. The van der Waals surface area contributed by atoms with Gasteiger partial charge in [0, 0.05) is 17.3 Å². The number of halogens is 1. The minimum atomic E-state index is -3.59. The first-order valence-electron chi connectivity index (χ1n) is 10.00. The molecular weight excluding hydrogens is 415 g/mol. The molecule has 31 heavy (non-hydrogen) atoms. The van der Waals surface area contributed by atoms with Crippen molar-refractivity contribution in [1.82, 2.24) is 0 Å². The van der Waals surface area contributed by atoms with E-state index < -0.39 is 21.9 Å². The average molecular weight is 439 g/mol. The molecule has 3 aromatic rings. The molecule has 3 aromatic carbocycles. The highest BCUT2D eigenvalue weighted by molar-refractivity contribution is 7.92. The van der Waals surface area contributed by atoms with Gasteiger partial charge in [0.1, 0.15) is 5.82 Å². The van der Waals surface area contributed by atoms with Crippen LogP contribution in [0.2, 0.25) is 0 Å². The summed E-state index contributed by atoms with van der Waals surface area (Å²) in [5.74, 6) is -0.653. The predicted octanol–water partition coefficient (Wildman–Crippen LogP) is 4.77. The number of amides is 1. The van der Waals surface area contributed by atoms with E-state index in [0.717, 1.165) is 5.56 Å². The lowest BCUT2D eigenvalue weighted by atomic mass is 9.90. The Kier molecular flexibility index (Phi) is 5.54. The van der Waals surface area contributed by atoms with Crippen LogP contribution in [0.25, 0.3) is 0 Å². The molecule has 0 fully saturated rings. The third kappa shape index (κ3) is 4.05. The van der Waals surface area contributed by atoms with Crippen molar-refractivity contribution in [2.75, 3.05) is 15.5 Å². The number of carbonyl (C=O) groups is 1. The van der Waals surface area contributed by atoms with Crippen LogP contribution in [0.1, 0.15) is 35.3 Å². The summed E-state index contributed by atoms with van der Waals surface area (Å²) in [5.41, 5.74) is 2.37. The average Bonchev–Trinajstić information content (AvgIpc) is 2.74. The highest BCUT2D eigenvalue weighted by atomic mass is 32.2. The summed E-state index contributed by atoms with van der Waals surface area (Å²) in [6, 6.07) is 21.0. The Morgan fingerprint density at radius 1 is 0.968 bits per heavy atom. The maximum absolute atomic E-state index is 13.3. The molecule has 0 bridgehead atoms. The summed E-state index contributed by atoms with van der Waals surface area (Å²) >= 11 is 0. The number of anilines is 2. The van der Waals surface area contributed by atoms with Gasteiger partial charge in [0.15, 0.2) is 0 Å². The van der Waals surface area contributed by atoms with Crippen LogP contribution in [-0.4, -0.2) is 26.6 Å². The minimum Gasteiger partial charge on any atom is -0.305 e. The van der Waals surface area contributed by atoms with Crippen LogP contribution in [0.15, 0.2) is 78.9 Å². The fraction of sp³-hybridized carbons (Fsp3) is 0.208. The molecule has 0 N–H and O–H groups in total. The van der Waals surface area contributed by atoms with Gasteiger partial charge in [0.25, 0.3) is 5.91 Å². The van der Waals surface area contributed by atoms with Gasteiger partial charge < -0.3 is 4.90 Å². The van der Waals surface area contributed by atoms with Crippen molar-refractivity contribution >= 4 is 27.3 Å². The maximum Gasteiger partial charge on any atom is 0.258 e. The van der Waals surface area contributed by atoms with E-state index in [4.69, 9.17) is 0 Å². The van der Waals surface area contributed by atoms with Gasteiger partial charge in [-0.25, -0.2) is 12.8 Å². The van der Waals surface area contributed by atoms with Crippen molar-refractivity contribution in [1.29, 1.82) is 0 Å². The molecule has 2 atom stereocenters. The quantitative estimate of drug-likeness (QED) is 0.590. The van der Waals surface area contributed by atoms with Crippen LogP contribution in [0, 0.1) is 5.82 Å². The standard InChI is InChI=1S/C24H23FN2O3S/c1-17-16-23(27(31(2,29)30)20-8-4-3-5-9-20)21-10-6-7-11-22(21)26(17)24(28)18-12-14-19(25)15-13-18/h3-15,17,23H,16H2,1-2H3/t17-,23+/m1/s1. The van der Waals surface area contributed by atoms with Crippen molar-refractivity contribution in [3.63, 3.8) is 0 Å². The maximum atomic E-state index is 13.3. The normalized spacial score (nSPS) is 18.4. The van der Waals surface area contributed by atoms with E-state index in [1.807, 2.05) is 37.3 Å². The summed E-state index contributed by atoms with van der Waals surface area (Å²) in [5, 5.41) is 0. The molecule has 1 amide bonds.